The monoisotopic (exact) mass is 466 g/mol. The standard InChI is InChI=1S/C34H26O2/c1-23(35)25-11-15-27(16-12-25)31-7-3-5-9-33(31)29-19-21-30(22-20-29)34-10-6-4-8-32(34)28-17-13-26(14-18-28)24(2)36/h3-22H,1-2H3. The Bertz CT molecular complexity index is 1420. The number of hydrogen-bond acceptors (Lipinski definition) is 2. The van der Waals surface area contributed by atoms with Crippen molar-refractivity contribution in [1.82, 2.24) is 0 Å². The molecule has 0 radical (unpaired) electrons. The van der Waals surface area contributed by atoms with Gasteiger partial charge in [0.25, 0.3) is 0 Å². The van der Waals surface area contributed by atoms with Gasteiger partial charge in [-0.3, -0.25) is 9.59 Å². The van der Waals surface area contributed by atoms with E-state index in [1.807, 2.05) is 60.7 Å². The SMILES string of the molecule is CC(=O)c1ccc(-c2ccccc2-c2ccc(-c3ccccc3-c3ccc(C(C)=O)cc3)cc2)cc1. The van der Waals surface area contributed by atoms with Crippen LogP contribution in [0.4, 0.5) is 0 Å². The van der Waals surface area contributed by atoms with E-state index in [0.29, 0.717) is 0 Å². The Labute approximate surface area is 211 Å². The zero-order valence-electron chi connectivity index (χ0n) is 20.4. The van der Waals surface area contributed by atoms with Gasteiger partial charge in [0.1, 0.15) is 0 Å². The third-order valence-corrected chi connectivity index (χ3v) is 6.57. The van der Waals surface area contributed by atoms with E-state index in [1.165, 1.54) is 0 Å². The minimum Gasteiger partial charge on any atom is -0.295 e. The van der Waals surface area contributed by atoms with Crippen molar-refractivity contribution in [2.24, 2.45) is 0 Å². The summed E-state index contributed by atoms with van der Waals surface area (Å²) in [5, 5.41) is 0. The second-order valence-corrected chi connectivity index (χ2v) is 8.94. The lowest BCUT2D eigenvalue weighted by atomic mass is 9.91. The lowest BCUT2D eigenvalue weighted by Crippen LogP contribution is -1.92. The van der Waals surface area contributed by atoms with E-state index in [0.717, 1.165) is 55.6 Å². The molecule has 0 aromatic heterocycles. The normalized spacial score (nSPS) is 10.7. The van der Waals surface area contributed by atoms with E-state index in [1.54, 1.807) is 13.8 Å². The first-order chi connectivity index (χ1) is 17.5. The summed E-state index contributed by atoms with van der Waals surface area (Å²) in [5.74, 6) is 0.140. The molecule has 0 N–H and O–H groups in total. The van der Waals surface area contributed by atoms with E-state index in [4.69, 9.17) is 0 Å². The maximum atomic E-state index is 11.7. The van der Waals surface area contributed by atoms with E-state index in [-0.39, 0.29) is 11.6 Å². The molecule has 0 aliphatic heterocycles. The van der Waals surface area contributed by atoms with Crippen LogP contribution < -0.4 is 0 Å². The van der Waals surface area contributed by atoms with Gasteiger partial charge in [-0.2, -0.15) is 0 Å². The first kappa shape index (κ1) is 23.2. The van der Waals surface area contributed by atoms with Crippen molar-refractivity contribution in [3.05, 3.63) is 132 Å². The van der Waals surface area contributed by atoms with Gasteiger partial charge in [0.2, 0.25) is 0 Å². The molecule has 2 nitrogen and oxygen atoms in total. The minimum atomic E-state index is 0.0699. The molecule has 0 atom stereocenters. The molecule has 0 saturated carbocycles. The number of carbonyl (C=O) groups is 2. The molecular weight excluding hydrogens is 440 g/mol. The molecule has 0 spiro atoms. The Morgan fingerprint density at radius 2 is 0.583 bits per heavy atom. The van der Waals surface area contributed by atoms with Crippen molar-refractivity contribution in [3.63, 3.8) is 0 Å². The highest BCUT2D eigenvalue weighted by atomic mass is 16.1. The van der Waals surface area contributed by atoms with Crippen molar-refractivity contribution in [3.8, 4) is 44.5 Å². The average molecular weight is 467 g/mol. The Kier molecular flexibility index (Phi) is 6.42. The molecule has 0 aliphatic rings. The number of ketones is 2. The van der Waals surface area contributed by atoms with Crippen LogP contribution in [0.15, 0.2) is 121 Å². The molecule has 36 heavy (non-hydrogen) atoms. The van der Waals surface area contributed by atoms with Crippen molar-refractivity contribution in [2.75, 3.05) is 0 Å². The maximum Gasteiger partial charge on any atom is 0.159 e. The highest BCUT2D eigenvalue weighted by Crippen LogP contribution is 2.36. The van der Waals surface area contributed by atoms with Crippen molar-refractivity contribution >= 4 is 11.6 Å². The molecule has 5 aromatic carbocycles. The first-order valence-corrected chi connectivity index (χ1v) is 12.0. The summed E-state index contributed by atoms with van der Waals surface area (Å²) in [5.41, 5.74) is 10.4. The molecule has 5 rings (SSSR count). The van der Waals surface area contributed by atoms with E-state index >= 15 is 0 Å². The number of hydrogen-bond donors (Lipinski definition) is 0. The Hall–Kier alpha value is -4.56. The quantitative estimate of drug-likeness (QED) is 0.234. The topological polar surface area (TPSA) is 34.1 Å². The molecule has 0 bridgehead atoms. The minimum absolute atomic E-state index is 0.0699. The fourth-order valence-electron chi connectivity index (χ4n) is 4.57. The van der Waals surface area contributed by atoms with Gasteiger partial charge in [0, 0.05) is 11.1 Å². The summed E-state index contributed by atoms with van der Waals surface area (Å²) >= 11 is 0. The van der Waals surface area contributed by atoms with Crippen LogP contribution >= 0.6 is 0 Å². The summed E-state index contributed by atoms with van der Waals surface area (Å²) in [6.07, 6.45) is 0. The highest BCUT2D eigenvalue weighted by molar-refractivity contribution is 5.96. The Morgan fingerprint density at radius 1 is 0.361 bits per heavy atom. The van der Waals surface area contributed by atoms with Gasteiger partial charge in [0.05, 0.1) is 0 Å². The smallest absolute Gasteiger partial charge is 0.159 e. The van der Waals surface area contributed by atoms with Gasteiger partial charge in [0.15, 0.2) is 11.6 Å². The van der Waals surface area contributed by atoms with Crippen molar-refractivity contribution in [2.45, 2.75) is 13.8 Å². The van der Waals surface area contributed by atoms with Crippen molar-refractivity contribution in [1.29, 1.82) is 0 Å². The predicted molar refractivity (Wildman–Crippen MR) is 148 cm³/mol. The summed E-state index contributed by atoms with van der Waals surface area (Å²) in [7, 11) is 0. The van der Waals surface area contributed by atoms with Crippen LogP contribution in [0.25, 0.3) is 44.5 Å². The third-order valence-electron chi connectivity index (χ3n) is 6.57. The number of Topliss-reactive ketones (excluding diaryl/α,β-unsaturated/α-hetero) is 2. The maximum absolute atomic E-state index is 11.7. The zero-order chi connectivity index (χ0) is 25.1. The van der Waals surface area contributed by atoms with Gasteiger partial charge in [-0.15, -0.1) is 0 Å². The zero-order valence-corrected chi connectivity index (χ0v) is 20.4. The Balaban J connectivity index is 1.50. The fraction of sp³-hybridized carbons (Fsp3) is 0.0588. The first-order valence-electron chi connectivity index (χ1n) is 12.0. The molecule has 0 heterocycles. The molecule has 5 aromatic rings. The molecule has 174 valence electrons. The average Bonchev–Trinajstić information content (AvgIpc) is 2.93. The second-order valence-electron chi connectivity index (χ2n) is 8.94. The predicted octanol–water partition coefficient (Wildman–Crippen LogP) is 8.76. The Morgan fingerprint density at radius 3 is 0.806 bits per heavy atom. The number of rotatable bonds is 6. The van der Waals surface area contributed by atoms with Crippen LogP contribution in [0.1, 0.15) is 34.6 Å². The molecule has 0 aliphatic carbocycles. The fourth-order valence-corrected chi connectivity index (χ4v) is 4.57. The van der Waals surface area contributed by atoms with Gasteiger partial charge in [-0.25, -0.2) is 0 Å². The summed E-state index contributed by atoms with van der Waals surface area (Å²) in [4.78, 5) is 23.3. The molecule has 0 fully saturated rings. The third kappa shape index (κ3) is 4.67. The van der Waals surface area contributed by atoms with Gasteiger partial charge in [-0.1, -0.05) is 121 Å². The number of carbonyl (C=O) groups excluding carboxylic acids is 2. The largest absolute Gasteiger partial charge is 0.295 e. The highest BCUT2D eigenvalue weighted by Gasteiger charge is 2.11. The lowest BCUT2D eigenvalue weighted by molar-refractivity contribution is 0.100. The molecule has 2 heteroatoms. The van der Waals surface area contributed by atoms with Gasteiger partial charge >= 0.3 is 0 Å². The summed E-state index contributed by atoms with van der Waals surface area (Å²) in [6.45, 7) is 3.17. The molecule has 0 unspecified atom stereocenters. The van der Waals surface area contributed by atoms with E-state index in [2.05, 4.69) is 60.7 Å². The second kappa shape index (κ2) is 9.97. The number of benzene rings is 5. The van der Waals surface area contributed by atoms with Crippen LogP contribution in [-0.4, -0.2) is 11.6 Å². The lowest BCUT2D eigenvalue weighted by Gasteiger charge is -2.13. The van der Waals surface area contributed by atoms with Crippen LogP contribution in [0.5, 0.6) is 0 Å². The summed E-state index contributed by atoms with van der Waals surface area (Å²) < 4.78 is 0. The van der Waals surface area contributed by atoms with Crippen LogP contribution in [0, 0.1) is 0 Å². The van der Waals surface area contributed by atoms with Crippen LogP contribution in [0.3, 0.4) is 0 Å². The van der Waals surface area contributed by atoms with Crippen molar-refractivity contribution < 1.29 is 9.59 Å². The van der Waals surface area contributed by atoms with Crippen LogP contribution in [0.2, 0.25) is 0 Å². The van der Waals surface area contributed by atoms with E-state index < -0.39 is 0 Å². The summed E-state index contributed by atoms with van der Waals surface area (Å²) in [6, 6.07) is 40.9. The molecule has 0 saturated heterocycles. The van der Waals surface area contributed by atoms with E-state index in [9.17, 15) is 9.59 Å². The van der Waals surface area contributed by atoms with Crippen LogP contribution in [-0.2, 0) is 0 Å². The molecular formula is C34H26O2. The molecule has 0 amide bonds. The van der Waals surface area contributed by atoms with Gasteiger partial charge < -0.3 is 0 Å². The van der Waals surface area contributed by atoms with Gasteiger partial charge in [-0.05, 0) is 58.4 Å².